The molecule has 2 rings (SSSR count). The topological polar surface area (TPSA) is 34.1 Å². The first-order chi connectivity index (χ1) is 9.42. The van der Waals surface area contributed by atoms with Crippen molar-refractivity contribution < 1.29 is 4.74 Å². The lowest BCUT2D eigenvalue weighted by Crippen LogP contribution is -2.41. The second-order valence-corrected chi connectivity index (χ2v) is 6.40. The lowest BCUT2D eigenvalue weighted by atomic mass is 10.00. The van der Waals surface area contributed by atoms with E-state index in [0.29, 0.717) is 0 Å². The summed E-state index contributed by atoms with van der Waals surface area (Å²) in [7, 11) is 1.74. The normalized spacial score (nSPS) is 13.2. The monoisotopic (exact) mass is 290 g/mol. The second kappa shape index (κ2) is 5.94. The Labute approximate surface area is 125 Å². The van der Waals surface area contributed by atoms with Crippen LogP contribution >= 0.6 is 11.3 Å². The van der Waals surface area contributed by atoms with Crippen molar-refractivity contribution in [3.63, 3.8) is 0 Å². The van der Waals surface area contributed by atoms with Crippen LogP contribution < -0.4 is 5.32 Å². The number of hydrogen-bond acceptors (Lipinski definition) is 4. The SMILES string of the molecule is COC(C)(C)C(C)Nc1ccc(-c2nc(C)cs2)cc1. The summed E-state index contributed by atoms with van der Waals surface area (Å²) in [5.41, 5.74) is 3.13. The number of nitrogens with one attached hydrogen (secondary N) is 1. The molecule has 1 aromatic heterocycles. The van der Waals surface area contributed by atoms with E-state index in [9.17, 15) is 0 Å². The molecule has 0 bridgehead atoms. The number of nitrogens with zero attached hydrogens (tertiary/aromatic N) is 1. The maximum atomic E-state index is 5.50. The van der Waals surface area contributed by atoms with Gasteiger partial charge in [-0.05, 0) is 52.0 Å². The molecule has 0 aliphatic heterocycles. The minimum absolute atomic E-state index is 0.203. The number of aromatic nitrogens is 1. The third kappa shape index (κ3) is 3.38. The van der Waals surface area contributed by atoms with Crippen molar-refractivity contribution in [3.8, 4) is 10.6 Å². The van der Waals surface area contributed by atoms with E-state index < -0.39 is 0 Å². The van der Waals surface area contributed by atoms with Gasteiger partial charge in [0, 0.05) is 29.4 Å². The molecule has 1 aromatic carbocycles. The van der Waals surface area contributed by atoms with Crippen LogP contribution in [0.3, 0.4) is 0 Å². The summed E-state index contributed by atoms with van der Waals surface area (Å²) in [6.07, 6.45) is 0. The molecule has 20 heavy (non-hydrogen) atoms. The smallest absolute Gasteiger partial charge is 0.123 e. The first-order valence-corrected chi connectivity index (χ1v) is 7.64. The van der Waals surface area contributed by atoms with Crippen molar-refractivity contribution >= 4 is 17.0 Å². The van der Waals surface area contributed by atoms with E-state index in [0.717, 1.165) is 22.0 Å². The largest absolute Gasteiger partial charge is 0.380 e. The van der Waals surface area contributed by atoms with Crippen LogP contribution in [0.4, 0.5) is 5.69 Å². The fraction of sp³-hybridized carbons (Fsp3) is 0.438. The Morgan fingerprint density at radius 1 is 1.25 bits per heavy atom. The number of methoxy groups -OCH3 is 1. The molecule has 0 radical (unpaired) electrons. The highest BCUT2D eigenvalue weighted by Crippen LogP contribution is 2.26. The van der Waals surface area contributed by atoms with Gasteiger partial charge in [-0.3, -0.25) is 0 Å². The van der Waals surface area contributed by atoms with Gasteiger partial charge < -0.3 is 10.1 Å². The van der Waals surface area contributed by atoms with Crippen molar-refractivity contribution in [2.45, 2.75) is 39.3 Å². The number of hydrogen-bond donors (Lipinski definition) is 1. The van der Waals surface area contributed by atoms with Gasteiger partial charge in [0.2, 0.25) is 0 Å². The molecular weight excluding hydrogens is 268 g/mol. The third-order valence-electron chi connectivity index (χ3n) is 3.70. The minimum Gasteiger partial charge on any atom is -0.380 e. The van der Waals surface area contributed by atoms with Gasteiger partial charge in [-0.25, -0.2) is 4.98 Å². The Balaban J connectivity index is 2.09. The first kappa shape index (κ1) is 15.0. The van der Waals surface area contributed by atoms with Gasteiger partial charge in [0.25, 0.3) is 0 Å². The fourth-order valence-electron chi connectivity index (χ4n) is 1.80. The summed E-state index contributed by atoms with van der Waals surface area (Å²) in [4.78, 5) is 4.50. The van der Waals surface area contributed by atoms with Crippen LogP contribution in [0.25, 0.3) is 10.6 Å². The molecule has 2 aromatic rings. The Morgan fingerprint density at radius 2 is 1.90 bits per heavy atom. The number of thiazole rings is 1. The third-order valence-corrected chi connectivity index (χ3v) is 4.71. The van der Waals surface area contributed by atoms with E-state index in [-0.39, 0.29) is 11.6 Å². The van der Waals surface area contributed by atoms with Gasteiger partial charge in [0.15, 0.2) is 0 Å². The highest BCUT2D eigenvalue weighted by molar-refractivity contribution is 7.13. The van der Waals surface area contributed by atoms with E-state index in [2.05, 4.69) is 60.7 Å². The summed E-state index contributed by atoms with van der Waals surface area (Å²) < 4.78 is 5.50. The van der Waals surface area contributed by atoms with Crippen molar-refractivity contribution in [1.29, 1.82) is 0 Å². The first-order valence-electron chi connectivity index (χ1n) is 6.76. The van der Waals surface area contributed by atoms with Crippen LogP contribution in [0, 0.1) is 6.92 Å². The summed E-state index contributed by atoms with van der Waals surface area (Å²) in [6.45, 7) is 8.31. The van der Waals surface area contributed by atoms with Crippen molar-refractivity contribution in [1.82, 2.24) is 4.98 Å². The standard InChI is InChI=1S/C16H22N2OS/c1-11-10-20-15(17-11)13-6-8-14(9-7-13)18-12(2)16(3,4)19-5/h6-10,12,18H,1-5H3. The van der Waals surface area contributed by atoms with Crippen molar-refractivity contribution in [3.05, 3.63) is 35.3 Å². The molecule has 1 heterocycles. The van der Waals surface area contributed by atoms with E-state index >= 15 is 0 Å². The highest BCUT2D eigenvalue weighted by atomic mass is 32.1. The number of ether oxygens (including phenoxy) is 1. The Hall–Kier alpha value is -1.39. The van der Waals surface area contributed by atoms with Crippen LogP contribution in [0.1, 0.15) is 26.5 Å². The van der Waals surface area contributed by atoms with Crippen LogP contribution in [0.15, 0.2) is 29.6 Å². The lowest BCUT2D eigenvalue weighted by Gasteiger charge is -2.31. The molecule has 1 unspecified atom stereocenters. The van der Waals surface area contributed by atoms with Gasteiger partial charge in [-0.2, -0.15) is 0 Å². The van der Waals surface area contributed by atoms with Crippen molar-refractivity contribution in [2.24, 2.45) is 0 Å². The predicted octanol–water partition coefficient (Wildman–Crippen LogP) is 4.34. The number of aryl methyl sites for hydroxylation is 1. The van der Waals surface area contributed by atoms with E-state index in [1.807, 2.05) is 6.92 Å². The molecule has 0 saturated heterocycles. The summed E-state index contributed by atoms with van der Waals surface area (Å²) in [6, 6.07) is 8.61. The zero-order valence-corrected chi connectivity index (χ0v) is 13.5. The molecule has 108 valence electrons. The molecular formula is C16H22N2OS. The number of anilines is 1. The second-order valence-electron chi connectivity index (χ2n) is 5.54. The molecule has 0 aliphatic carbocycles. The highest BCUT2D eigenvalue weighted by Gasteiger charge is 2.24. The van der Waals surface area contributed by atoms with Gasteiger partial charge in [0.1, 0.15) is 5.01 Å². The lowest BCUT2D eigenvalue weighted by molar-refractivity contribution is 0.0107. The molecule has 4 heteroatoms. The number of benzene rings is 1. The molecule has 0 spiro atoms. The fourth-order valence-corrected chi connectivity index (χ4v) is 2.60. The average Bonchev–Trinajstić information content (AvgIpc) is 2.86. The maximum absolute atomic E-state index is 5.50. The van der Waals surface area contributed by atoms with Crippen LogP contribution in [-0.4, -0.2) is 23.7 Å². The quantitative estimate of drug-likeness (QED) is 0.889. The summed E-state index contributed by atoms with van der Waals surface area (Å²) >= 11 is 1.68. The molecule has 1 atom stereocenters. The average molecular weight is 290 g/mol. The zero-order chi connectivity index (χ0) is 14.8. The molecule has 1 N–H and O–H groups in total. The predicted molar refractivity (Wildman–Crippen MR) is 86.5 cm³/mol. The molecule has 0 saturated carbocycles. The summed E-state index contributed by atoms with van der Waals surface area (Å²) in [5.74, 6) is 0. The maximum Gasteiger partial charge on any atom is 0.123 e. The Morgan fingerprint density at radius 3 is 2.40 bits per heavy atom. The zero-order valence-electron chi connectivity index (χ0n) is 12.7. The molecule has 3 nitrogen and oxygen atoms in total. The van der Waals surface area contributed by atoms with Crippen LogP contribution in [0.2, 0.25) is 0 Å². The van der Waals surface area contributed by atoms with E-state index in [4.69, 9.17) is 4.74 Å². The minimum atomic E-state index is -0.203. The Bertz CT molecular complexity index is 560. The van der Waals surface area contributed by atoms with Gasteiger partial charge in [0.05, 0.1) is 11.6 Å². The molecule has 0 aliphatic rings. The van der Waals surface area contributed by atoms with Gasteiger partial charge >= 0.3 is 0 Å². The summed E-state index contributed by atoms with van der Waals surface area (Å²) in [5, 5.41) is 6.62. The van der Waals surface area contributed by atoms with E-state index in [1.165, 1.54) is 0 Å². The van der Waals surface area contributed by atoms with Crippen LogP contribution in [-0.2, 0) is 4.74 Å². The number of rotatable bonds is 5. The van der Waals surface area contributed by atoms with Gasteiger partial charge in [-0.15, -0.1) is 11.3 Å². The molecule has 0 fully saturated rings. The van der Waals surface area contributed by atoms with Gasteiger partial charge in [-0.1, -0.05) is 0 Å². The van der Waals surface area contributed by atoms with E-state index in [1.54, 1.807) is 18.4 Å². The van der Waals surface area contributed by atoms with Crippen molar-refractivity contribution in [2.75, 3.05) is 12.4 Å². The molecule has 0 amide bonds. The Kier molecular flexibility index (Phi) is 4.45. The van der Waals surface area contributed by atoms with Crippen LogP contribution in [0.5, 0.6) is 0 Å².